The van der Waals surface area contributed by atoms with Crippen LogP contribution in [0.25, 0.3) is 0 Å². The summed E-state index contributed by atoms with van der Waals surface area (Å²) >= 11 is 5.82. The summed E-state index contributed by atoms with van der Waals surface area (Å²) in [5, 5.41) is 4.46. The fraction of sp³-hybridized carbons (Fsp3) is 0.182. The van der Waals surface area contributed by atoms with Crippen molar-refractivity contribution >= 4 is 11.6 Å². The van der Waals surface area contributed by atoms with Gasteiger partial charge in [-0.25, -0.2) is 4.39 Å². The molecule has 0 aliphatic carbocycles. The molecule has 3 nitrogen and oxygen atoms in total. The SMILES string of the molecule is Cn1nccc1C(N)c1cc(Cl)ccc1F. The Morgan fingerprint density at radius 1 is 1.44 bits per heavy atom. The van der Waals surface area contributed by atoms with Crippen LogP contribution in [0.4, 0.5) is 4.39 Å². The van der Waals surface area contributed by atoms with Crippen molar-refractivity contribution in [2.24, 2.45) is 12.8 Å². The van der Waals surface area contributed by atoms with Crippen molar-refractivity contribution in [1.29, 1.82) is 0 Å². The Bertz CT molecular complexity index is 510. The van der Waals surface area contributed by atoms with Crippen molar-refractivity contribution < 1.29 is 4.39 Å². The lowest BCUT2D eigenvalue weighted by Gasteiger charge is -2.13. The van der Waals surface area contributed by atoms with Crippen LogP contribution in [0.1, 0.15) is 17.3 Å². The summed E-state index contributed by atoms with van der Waals surface area (Å²) in [4.78, 5) is 0. The molecule has 1 aromatic carbocycles. The molecule has 0 amide bonds. The third-order valence-corrected chi connectivity index (χ3v) is 2.71. The standard InChI is InChI=1S/C11H11ClFN3/c1-16-10(4-5-15-16)11(14)8-6-7(12)2-3-9(8)13/h2-6,11H,14H2,1H3. The molecule has 1 unspecified atom stereocenters. The van der Waals surface area contributed by atoms with Gasteiger partial charge in [0.2, 0.25) is 0 Å². The van der Waals surface area contributed by atoms with Gasteiger partial charge in [0, 0.05) is 23.8 Å². The highest BCUT2D eigenvalue weighted by atomic mass is 35.5. The first-order chi connectivity index (χ1) is 7.59. The van der Waals surface area contributed by atoms with E-state index in [0.29, 0.717) is 10.6 Å². The monoisotopic (exact) mass is 239 g/mol. The number of nitrogens with two attached hydrogens (primary N) is 1. The molecule has 2 rings (SSSR count). The average molecular weight is 240 g/mol. The van der Waals surface area contributed by atoms with Gasteiger partial charge in [0.05, 0.1) is 11.7 Å². The summed E-state index contributed by atoms with van der Waals surface area (Å²) in [7, 11) is 1.76. The van der Waals surface area contributed by atoms with Crippen molar-refractivity contribution in [3.8, 4) is 0 Å². The molecule has 1 aromatic heterocycles. The summed E-state index contributed by atoms with van der Waals surface area (Å²) in [5.74, 6) is -0.363. The van der Waals surface area contributed by atoms with Gasteiger partial charge < -0.3 is 5.73 Å². The second kappa shape index (κ2) is 4.23. The number of hydrogen-bond donors (Lipinski definition) is 1. The van der Waals surface area contributed by atoms with Crippen molar-refractivity contribution in [3.05, 3.63) is 52.6 Å². The number of hydrogen-bond acceptors (Lipinski definition) is 2. The summed E-state index contributed by atoms with van der Waals surface area (Å²) in [6.07, 6.45) is 1.62. The van der Waals surface area contributed by atoms with E-state index in [2.05, 4.69) is 5.10 Å². The van der Waals surface area contributed by atoms with Crippen LogP contribution in [0.5, 0.6) is 0 Å². The normalized spacial score (nSPS) is 12.8. The third-order valence-electron chi connectivity index (χ3n) is 2.47. The van der Waals surface area contributed by atoms with Crippen LogP contribution < -0.4 is 5.73 Å². The predicted molar refractivity (Wildman–Crippen MR) is 60.6 cm³/mol. The zero-order chi connectivity index (χ0) is 11.7. The topological polar surface area (TPSA) is 43.8 Å². The first-order valence-corrected chi connectivity index (χ1v) is 5.16. The van der Waals surface area contributed by atoms with Gasteiger partial charge in [0.15, 0.2) is 0 Å². The maximum Gasteiger partial charge on any atom is 0.128 e. The van der Waals surface area contributed by atoms with E-state index in [1.54, 1.807) is 24.0 Å². The number of rotatable bonds is 2. The summed E-state index contributed by atoms with van der Waals surface area (Å²) in [6, 6.07) is 5.54. The Labute approximate surface area is 97.6 Å². The molecule has 2 aromatic rings. The van der Waals surface area contributed by atoms with Gasteiger partial charge in [-0.3, -0.25) is 4.68 Å². The van der Waals surface area contributed by atoms with E-state index < -0.39 is 6.04 Å². The lowest BCUT2D eigenvalue weighted by Crippen LogP contribution is -2.17. The van der Waals surface area contributed by atoms with Gasteiger partial charge in [-0.15, -0.1) is 0 Å². The minimum Gasteiger partial charge on any atom is -0.319 e. The fourth-order valence-electron chi connectivity index (χ4n) is 1.60. The maximum absolute atomic E-state index is 13.6. The van der Waals surface area contributed by atoms with Crippen LogP contribution in [0.3, 0.4) is 0 Å². The lowest BCUT2D eigenvalue weighted by atomic mass is 10.0. The number of benzene rings is 1. The Morgan fingerprint density at radius 2 is 2.19 bits per heavy atom. The van der Waals surface area contributed by atoms with Crippen LogP contribution in [0.15, 0.2) is 30.5 Å². The Morgan fingerprint density at radius 3 is 2.81 bits per heavy atom. The van der Waals surface area contributed by atoms with Crippen LogP contribution >= 0.6 is 11.6 Å². The predicted octanol–water partition coefficient (Wildman–Crippen LogP) is 2.26. The zero-order valence-electron chi connectivity index (χ0n) is 8.69. The molecule has 0 bridgehead atoms. The second-order valence-electron chi connectivity index (χ2n) is 3.52. The third kappa shape index (κ3) is 1.94. The Balaban J connectivity index is 2.45. The van der Waals surface area contributed by atoms with Crippen LogP contribution in [0.2, 0.25) is 5.02 Å². The van der Waals surface area contributed by atoms with Crippen molar-refractivity contribution in [2.75, 3.05) is 0 Å². The number of nitrogens with zero attached hydrogens (tertiary/aromatic N) is 2. The Hall–Kier alpha value is -1.39. The van der Waals surface area contributed by atoms with Gasteiger partial charge in [0.25, 0.3) is 0 Å². The molecule has 0 saturated carbocycles. The van der Waals surface area contributed by atoms with Crippen molar-refractivity contribution in [3.63, 3.8) is 0 Å². The summed E-state index contributed by atoms with van der Waals surface area (Å²) < 4.78 is 15.2. The maximum atomic E-state index is 13.6. The van der Waals surface area contributed by atoms with E-state index in [1.807, 2.05) is 0 Å². The molecule has 0 aliphatic rings. The molecule has 5 heteroatoms. The van der Waals surface area contributed by atoms with Crippen LogP contribution in [-0.2, 0) is 7.05 Å². The quantitative estimate of drug-likeness (QED) is 0.874. The summed E-state index contributed by atoms with van der Waals surface area (Å²) in [5.41, 5.74) is 7.08. The zero-order valence-corrected chi connectivity index (χ0v) is 9.45. The molecular formula is C11H11ClFN3. The van der Waals surface area contributed by atoms with E-state index in [-0.39, 0.29) is 5.82 Å². The number of aryl methyl sites for hydroxylation is 1. The van der Waals surface area contributed by atoms with Crippen molar-refractivity contribution in [1.82, 2.24) is 9.78 Å². The van der Waals surface area contributed by atoms with Gasteiger partial charge in [-0.05, 0) is 24.3 Å². The first kappa shape index (κ1) is 11.1. The number of aromatic nitrogens is 2. The fourth-order valence-corrected chi connectivity index (χ4v) is 1.78. The molecule has 16 heavy (non-hydrogen) atoms. The molecule has 0 saturated heterocycles. The summed E-state index contributed by atoms with van der Waals surface area (Å²) in [6.45, 7) is 0. The first-order valence-electron chi connectivity index (χ1n) is 4.78. The molecule has 1 atom stereocenters. The molecule has 0 aliphatic heterocycles. The van der Waals surface area contributed by atoms with E-state index in [0.717, 1.165) is 5.69 Å². The highest BCUT2D eigenvalue weighted by Crippen LogP contribution is 2.24. The van der Waals surface area contributed by atoms with E-state index in [1.165, 1.54) is 18.2 Å². The van der Waals surface area contributed by atoms with Gasteiger partial charge in [-0.2, -0.15) is 5.10 Å². The molecule has 0 fully saturated rings. The van der Waals surface area contributed by atoms with E-state index in [9.17, 15) is 4.39 Å². The van der Waals surface area contributed by atoms with Crippen molar-refractivity contribution in [2.45, 2.75) is 6.04 Å². The number of halogens is 2. The second-order valence-corrected chi connectivity index (χ2v) is 3.96. The highest BCUT2D eigenvalue weighted by molar-refractivity contribution is 6.30. The molecule has 0 spiro atoms. The molecule has 1 heterocycles. The highest BCUT2D eigenvalue weighted by Gasteiger charge is 2.16. The van der Waals surface area contributed by atoms with Gasteiger partial charge in [-0.1, -0.05) is 11.6 Å². The molecule has 2 N–H and O–H groups in total. The molecule has 0 radical (unpaired) electrons. The Kier molecular flexibility index (Phi) is 2.94. The molecular weight excluding hydrogens is 229 g/mol. The van der Waals surface area contributed by atoms with Crippen LogP contribution in [0, 0.1) is 5.82 Å². The minimum absolute atomic E-state index is 0.363. The smallest absolute Gasteiger partial charge is 0.128 e. The molecule has 84 valence electrons. The minimum atomic E-state index is -0.564. The van der Waals surface area contributed by atoms with E-state index >= 15 is 0 Å². The van der Waals surface area contributed by atoms with Gasteiger partial charge in [0.1, 0.15) is 5.82 Å². The lowest BCUT2D eigenvalue weighted by molar-refractivity contribution is 0.586. The van der Waals surface area contributed by atoms with Crippen LogP contribution in [-0.4, -0.2) is 9.78 Å². The van der Waals surface area contributed by atoms with Gasteiger partial charge >= 0.3 is 0 Å². The van der Waals surface area contributed by atoms with E-state index in [4.69, 9.17) is 17.3 Å². The average Bonchev–Trinajstić information content (AvgIpc) is 2.67. The largest absolute Gasteiger partial charge is 0.319 e.